The quantitative estimate of drug-likeness (QED) is 0.126. The number of carbonyl (C=O) groups excluding carboxylic acids is 4. The molecule has 1 aliphatic heterocycles. The molecule has 2 heterocycles. The summed E-state index contributed by atoms with van der Waals surface area (Å²) >= 11 is 0. The molecule has 15 heteroatoms. The Balaban J connectivity index is 1.58. The summed E-state index contributed by atoms with van der Waals surface area (Å²) in [6, 6.07) is 1.45. The SMILES string of the molecule is CCCOC(=O)N[C@@H](c1ccco1)[C@@H](O)C(=O)O[C@H]1C[C@@]2(O)[C@@H](OC(C)=O)[C@@H]3[C@]4(O)CO[C@@H]4C[C@H](O)[C@@]3(C)C(=O)[C@H](O)C(=C1C)C2(C)C. The molecule has 6 N–H and O–H groups in total. The fraction of sp³-hybridized carbons (Fsp3) is 0.697. The maximum atomic E-state index is 14.4. The number of hydrogen-bond donors (Lipinski definition) is 6. The molecule has 0 spiro atoms. The first-order chi connectivity index (χ1) is 22.4. The number of esters is 2. The Morgan fingerprint density at radius 2 is 1.83 bits per heavy atom. The summed E-state index contributed by atoms with van der Waals surface area (Å²) in [5.74, 6) is -4.47. The van der Waals surface area contributed by atoms with E-state index in [1.54, 1.807) is 6.92 Å². The molecule has 0 radical (unpaired) electrons. The van der Waals surface area contributed by atoms with Gasteiger partial charge in [-0.25, -0.2) is 9.59 Å². The topological polar surface area (TPSA) is 232 Å². The van der Waals surface area contributed by atoms with Gasteiger partial charge in [-0.2, -0.15) is 0 Å². The maximum Gasteiger partial charge on any atom is 0.407 e. The van der Waals surface area contributed by atoms with E-state index in [1.165, 1.54) is 46.1 Å². The van der Waals surface area contributed by atoms with Gasteiger partial charge in [0.2, 0.25) is 0 Å². The number of nitrogens with one attached hydrogen (secondary N) is 1. The van der Waals surface area contributed by atoms with Gasteiger partial charge < -0.3 is 54.2 Å². The zero-order chi connectivity index (χ0) is 35.6. The highest BCUT2D eigenvalue weighted by Crippen LogP contribution is 2.63. The molecule has 1 aromatic heterocycles. The highest BCUT2D eigenvalue weighted by Gasteiger charge is 2.76. The number of amides is 1. The molecule has 3 fully saturated rings. The summed E-state index contributed by atoms with van der Waals surface area (Å²) in [6.07, 6.45) is -9.29. The van der Waals surface area contributed by atoms with Gasteiger partial charge >= 0.3 is 18.0 Å². The van der Waals surface area contributed by atoms with Gasteiger partial charge in [-0.05, 0) is 43.5 Å². The number of aliphatic hydroxyl groups is 5. The van der Waals surface area contributed by atoms with E-state index in [1.807, 2.05) is 0 Å². The van der Waals surface area contributed by atoms with E-state index in [0.29, 0.717) is 6.42 Å². The second-order valence-corrected chi connectivity index (χ2v) is 14.1. The summed E-state index contributed by atoms with van der Waals surface area (Å²) in [6.45, 7) is 8.58. The van der Waals surface area contributed by atoms with Gasteiger partial charge in [0.05, 0.1) is 37.1 Å². The molecule has 4 aliphatic rings. The Bertz CT molecular complexity index is 1470. The van der Waals surface area contributed by atoms with Crippen molar-refractivity contribution in [2.45, 2.75) is 115 Å². The molecule has 3 aliphatic carbocycles. The zero-order valence-electron chi connectivity index (χ0n) is 27.8. The average molecular weight is 680 g/mol. The van der Waals surface area contributed by atoms with Crippen molar-refractivity contribution in [2.24, 2.45) is 16.7 Å². The third kappa shape index (κ3) is 5.35. The number of hydrogen-bond acceptors (Lipinski definition) is 14. The molecule has 2 bridgehead atoms. The summed E-state index contributed by atoms with van der Waals surface area (Å²) in [5.41, 5.74) is -7.42. The lowest BCUT2D eigenvalue weighted by atomic mass is 9.45. The van der Waals surface area contributed by atoms with E-state index in [4.69, 9.17) is 23.4 Å². The molecule has 11 atom stereocenters. The van der Waals surface area contributed by atoms with Crippen LogP contribution in [0, 0.1) is 16.7 Å². The second-order valence-electron chi connectivity index (χ2n) is 14.1. The van der Waals surface area contributed by atoms with Crippen molar-refractivity contribution in [3.05, 3.63) is 35.3 Å². The van der Waals surface area contributed by atoms with Crippen molar-refractivity contribution in [1.82, 2.24) is 5.32 Å². The van der Waals surface area contributed by atoms with Crippen LogP contribution in [-0.4, -0.2) is 110 Å². The number of aliphatic hydroxyl groups excluding tert-OH is 3. The number of rotatable bonds is 8. The van der Waals surface area contributed by atoms with Crippen molar-refractivity contribution in [3.8, 4) is 0 Å². The van der Waals surface area contributed by atoms with Crippen molar-refractivity contribution in [1.29, 1.82) is 0 Å². The largest absolute Gasteiger partial charge is 0.467 e. The van der Waals surface area contributed by atoms with Gasteiger partial charge in [0.15, 0.2) is 11.9 Å². The van der Waals surface area contributed by atoms with Gasteiger partial charge in [-0.1, -0.05) is 20.8 Å². The molecule has 266 valence electrons. The van der Waals surface area contributed by atoms with Crippen molar-refractivity contribution in [3.63, 3.8) is 0 Å². The van der Waals surface area contributed by atoms with Gasteiger partial charge in [-0.15, -0.1) is 0 Å². The Morgan fingerprint density at radius 3 is 2.40 bits per heavy atom. The number of Topliss-reactive ketones (excluding diaryl/α,β-unsaturated/α-hetero) is 1. The normalized spacial score (nSPS) is 38.2. The standard InChI is InChI=1S/C33H45NO14/c1-7-10-45-29(41)34-22(17-9-8-11-44-17)24(38)28(40)48-18-13-33(43)27(47-16(3)35)25-31(6,19(36)12-20-32(25,42)14-46-20)26(39)23(37)21(15(18)2)30(33,4)5/h8-9,11,18-20,22-25,27,36-38,42-43H,7,10,12-14H2,1-6H3,(H,34,41)/t18-,19-,20+,22-,23+,24+,25-,27-,31+,32-,33+/m0/s1. The number of furan rings is 1. The number of fused-ring (bicyclic) bond motifs is 5. The molecule has 0 aromatic carbocycles. The van der Waals surface area contributed by atoms with Crippen molar-refractivity contribution < 1.29 is 68.1 Å². The van der Waals surface area contributed by atoms with E-state index < -0.39 is 101 Å². The Morgan fingerprint density at radius 1 is 1.15 bits per heavy atom. The van der Waals surface area contributed by atoms with Gasteiger partial charge in [0.25, 0.3) is 0 Å². The molecule has 1 saturated heterocycles. The first-order valence-electron chi connectivity index (χ1n) is 16.1. The van der Waals surface area contributed by atoms with Crippen LogP contribution in [0.3, 0.4) is 0 Å². The lowest BCUT2D eigenvalue weighted by Gasteiger charge is -2.66. The minimum Gasteiger partial charge on any atom is -0.467 e. The number of ether oxygens (including phenoxy) is 4. The monoisotopic (exact) mass is 679 g/mol. The molecule has 1 amide bonds. The summed E-state index contributed by atoms with van der Waals surface area (Å²) in [7, 11) is 0. The Labute approximate surface area is 277 Å². The van der Waals surface area contributed by atoms with E-state index in [9.17, 15) is 44.7 Å². The van der Waals surface area contributed by atoms with Crippen LogP contribution in [0.1, 0.15) is 72.6 Å². The molecule has 5 rings (SSSR count). The van der Waals surface area contributed by atoms with Crippen molar-refractivity contribution >= 4 is 23.8 Å². The van der Waals surface area contributed by atoms with Gasteiger partial charge in [0, 0.05) is 31.1 Å². The van der Waals surface area contributed by atoms with Crippen molar-refractivity contribution in [2.75, 3.05) is 13.2 Å². The minimum atomic E-state index is -2.24. The predicted molar refractivity (Wildman–Crippen MR) is 162 cm³/mol. The number of carbonyl (C=O) groups is 4. The average Bonchev–Trinajstić information content (AvgIpc) is 3.55. The smallest absolute Gasteiger partial charge is 0.407 e. The van der Waals surface area contributed by atoms with E-state index in [2.05, 4.69) is 5.32 Å². The first-order valence-corrected chi connectivity index (χ1v) is 16.1. The fourth-order valence-electron chi connectivity index (χ4n) is 8.28. The zero-order valence-corrected chi connectivity index (χ0v) is 27.8. The minimum absolute atomic E-state index is 0.00753. The van der Waals surface area contributed by atoms with Crippen LogP contribution in [0.4, 0.5) is 4.79 Å². The molecule has 2 saturated carbocycles. The van der Waals surface area contributed by atoms with E-state index >= 15 is 0 Å². The Hall–Kier alpha value is -3.34. The van der Waals surface area contributed by atoms with Gasteiger partial charge in [0.1, 0.15) is 41.3 Å². The lowest BCUT2D eigenvalue weighted by molar-refractivity contribution is -0.345. The summed E-state index contributed by atoms with van der Waals surface area (Å²) < 4.78 is 27.5. The number of ketones is 1. The third-order valence-electron chi connectivity index (χ3n) is 11.0. The Kier molecular flexibility index (Phi) is 9.38. The van der Waals surface area contributed by atoms with Crippen LogP contribution in [0.5, 0.6) is 0 Å². The van der Waals surface area contributed by atoms with Crippen LogP contribution in [0.25, 0.3) is 0 Å². The summed E-state index contributed by atoms with van der Waals surface area (Å²) in [5, 5.41) is 61.5. The van der Waals surface area contributed by atoms with Crippen LogP contribution in [-0.2, 0) is 33.3 Å². The first kappa shape index (κ1) is 36.0. The molecular formula is C33H45NO14. The number of alkyl carbamates (subject to hydrolysis) is 1. The molecule has 1 aromatic rings. The van der Waals surface area contributed by atoms with E-state index in [-0.39, 0.29) is 36.5 Å². The predicted octanol–water partition coefficient (Wildman–Crippen LogP) is 0.599. The molecule has 48 heavy (non-hydrogen) atoms. The van der Waals surface area contributed by atoms with Crippen LogP contribution >= 0.6 is 0 Å². The maximum absolute atomic E-state index is 14.4. The van der Waals surface area contributed by atoms with Gasteiger partial charge in [-0.3, -0.25) is 9.59 Å². The van der Waals surface area contributed by atoms with E-state index in [0.717, 1.165) is 6.92 Å². The lowest BCUT2D eigenvalue weighted by Crippen LogP contribution is -2.81. The summed E-state index contributed by atoms with van der Waals surface area (Å²) in [4.78, 5) is 53.0. The highest BCUT2D eigenvalue weighted by molar-refractivity contribution is 5.93. The second kappa shape index (κ2) is 12.5. The molecular weight excluding hydrogens is 634 g/mol. The fourth-order valence-corrected chi connectivity index (χ4v) is 8.28. The van der Waals surface area contributed by atoms with Crippen LogP contribution in [0.2, 0.25) is 0 Å². The van der Waals surface area contributed by atoms with Crippen LogP contribution < -0.4 is 5.32 Å². The molecule has 15 nitrogen and oxygen atoms in total. The third-order valence-corrected chi connectivity index (χ3v) is 11.0. The molecule has 0 unspecified atom stereocenters. The van der Waals surface area contributed by atoms with Crippen LogP contribution in [0.15, 0.2) is 34.0 Å². The highest BCUT2D eigenvalue weighted by atomic mass is 16.6.